The Morgan fingerprint density at radius 2 is 2.00 bits per heavy atom. The van der Waals surface area contributed by atoms with Crippen molar-refractivity contribution in [2.45, 2.75) is 0 Å². The summed E-state index contributed by atoms with van der Waals surface area (Å²) in [5, 5.41) is 8.76. The fraction of sp³-hybridized carbons (Fsp3) is 0. The fourth-order valence-electron chi connectivity index (χ4n) is 1.23. The first-order chi connectivity index (χ1) is 8.20. The molecule has 2 aromatic rings. The standard InChI is InChI=1S/C12H8IN3O/c13-9-3-1-2-4-11(9)17-12-10(15)6-5-8(7-14)16-12/h1-6H,15H2. The van der Waals surface area contributed by atoms with Gasteiger partial charge in [0, 0.05) is 0 Å². The van der Waals surface area contributed by atoms with E-state index in [1.165, 1.54) is 0 Å². The van der Waals surface area contributed by atoms with Crippen molar-refractivity contribution >= 4 is 28.3 Å². The topological polar surface area (TPSA) is 71.9 Å². The number of anilines is 1. The second-order valence-corrected chi connectivity index (χ2v) is 4.40. The van der Waals surface area contributed by atoms with Crippen LogP contribution in [0.2, 0.25) is 0 Å². The van der Waals surface area contributed by atoms with Gasteiger partial charge in [-0.2, -0.15) is 5.26 Å². The smallest absolute Gasteiger partial charge is 0.243 e. The number of benzene rings is 1. The molecule has 4 nitrogen and oxygen atoms in total. The second kappa shape index (κ2) is 5.01. The number of pyridine rings is 1. The molecule has 0 saturated heterocycles. The molecule has 0 spiro atoms. The zero-order valence-electron chi connectivity index (χ0n) is 8.72. The van der Waals surface area contributed by atoms with Crippen LogP contribution in [0.15, 0.2) is 36.4 Å². The third-order valence-corrected chi connectivity index (χ3v) is 2.94. The van der Waals surface area contributed by atoms with Gasteiger partial charge in [-0.1, -0.05) is 12.1 Å². The maximum atomic E-state index is 8.76. The monoisotopic (exact) mass is 337 g/mol. The lowest BCUT2D eigenvalue weighted by Gasteiger charge is -2.08. The highest BCUT2D eigenvalue weighted by atomic mass is 127. The number of nitrogen functional groups attached to an aromatic ring is 1. The first-order valence-corrected chi connectivity index (χ1v) is 5.87. The van der Waals surface area contributed by atoms with Crippen molar-refractivity contribution in [1.82, 2.24) is 4.98 Å². The summed E-state index contributed by atoms with van der Waals surface area (Å²) >= 11 is 2.16. The number of para-hydroxylation sites is 1. The van der Waals surface area contributed by atoms with E-state index in [2.05, 4.69) is 27.6 Å². The van der Waals surface area contributed by atoms with Crippen molar-refractivity contribution in [2.75, 3.05) is 5.73 Å². The number of aromatic nitrogens is 1. The SMILES string of the molecule is N#Cc1ccc(N)c(Oc2ccccc2I)n1. The van der Waals surface area contributed by atoms with Gasteiger partial charge in [0.15, 0.2) is 0 Å². The summed E-state index contributed by atoms with van der Waals surface area (Å²) in [6.07, 6.45) is 0. The summed E-state index contributed by atoms with van der Waals surface area (Å²) < 4.78 is 6.54. The van der Waals surface area contributed by atoms with E-state index in [1.807, 2.05) is 30.3 Å². The van der Waals surface area contributed by atoms with Gasteiger partial charge in [-0.3, -0.25) is 0 Å². The lowest BCUT2D eigenvalue weighted by atomic mass is 10.3. The van der Waals surface area contributed by atoms with Crippen molar-refractivity contribution in [3.63, 3.8) is 0 Å². The van der Waals surface area contributed by atoms with E-state index in [1.54, 1.807) is 12.1 Å². The Hall–Kier alpha value is -1.81. The Morgan fingerprint density at radius 3 is 2.71 bits per heavy atom. The molecule has 2 N–H and O–H groups in total. The maximum Gasteiger partial charge on any atom is 0.243 e. The van der Waals surface area contributed by atoms with Gasteiger partial charge in [0.1, 0.15) is 17.5 Å². The minimum Gasteiger partial charge on any atom is -0.436 e. The number of halogens is 1. The Kier molecular flexibility index (Phi) is 3.44. The zero-order valence-corrected chi connectivity index (χ0v) is 10.9. The van der Waals surface area contributed by atoms with E-state index in [0.29, 0.717) is 11.4 Å². The number of hydrogen-bond acceptors (Lipinski definition) is 4. The molecule has 0 aliphatic heterocycles. The summed E-state index contributed by atoms with van der Waals surface area (Å²) in [6, 6.07) is 12.6. The quantitative estimate of drug-likeness (QED) is 0.856. The van der Waals surface area contributed by atoms with Gasteiger partial charge >= 0.3 is 0 Å². The van der Waals surface area contributed by atoms with Crippen LogP contribution in [0.5, 0.6) is 11.6 Å². The van der Waals surface area contributed by atoms with Gasteiger partial charge in [0.05, 0.1) is 9.26 Å². The molecule has 1 aromatic heterocycles. The van der Waals surface area contributed by atoms with Gasteiger partial charge < -0.3 is 10.5 Å². The molecular weight excluding hydrogens is 329 g/mol. The minimum atomic E-state index is 0.258. The predicted molar refractivity (Wildman–Crippen MR) is 72.6 cm³/mol. The number of rotatable bonds is 2. The van der Waals surface area contributed by atoms with E-state index >= 15 is 0 Å². The molecule has 0 unspecified atom stereocenters. The molecule has 0 radical (unpaired) electrons. The fourth-order valence-corrected chi connectivity index (χ4v) is 1.72. The van der Waals surface area contributed by atoms with Crippen LogP contribution in [0.3, 0.4) is 0 Å². The number of nitriles is 1. The Labute approximate surface area is 112 Å². The summed E-state index contributed by atoms with van der Waals surface area (Å²) in [4.78, 5) is 4.02. The molecule has 0 atom stereocenters. The molecule has 17 heavy (non-hydrogen) atoms. The first-order valence-electron chi connectivity index (χ1n) is 4.79. The van der Waals surface area contributed by atoms with Crippen LogP contribution in [0.4, 0.5) is 5.69 Å². The average molecular weight is 337 g/mol. The minimum absolute atomic E-state index is 0.258. The van der Waals surface area contributed by atoms with E-state index in [4.69, 9.17) is 15.7 Å². The summed E-state index contributed by atoms with van der Waals surface area (Å²) in [6.45, 7) is 0. The van der Waals surface area contributed by atoms with Crippen molar-refractivity contribution in [2.24, 2.45) is 0 Å². The third kappa shape index (κ3) is 2.65. The first kappa shape index (κ1) is 11.7. The average Bonchev–Trinajstić information content (AvgIpc) is 2.35. The summed E-state index contributed by atoms with van der Waals surface area (Å²) in [5.74, 6) is 0.926. The molecule has 0 bridgehead atoms. The molecule has 1 aromatic carbocycles. The van der Waals surface area contributed by atoms with Crippen LogP contribution in [0.1, 0.15) is 5.69 Å². The second-order valence-electron chi connectivity index (χ2n) is 3.24. The molecule has 1 heterocycles. The van der Waals surface area contributed by atoms with Crippen molar-refractivity contribution in [1.29, 1.82) is 5.26 Å². The summed E-state index contributed by atoms with van der Waals surface area (Å²) in [7, 11) is 0. The maximum absolute atomic E-state index is 8.76. The van der Waals surface area contributed by atoms with Crippen molar-refractivity contribution in [3.8, 4) is 17.7 Å². The highest BCUT2D eigenvalue weighted by molar-refractivity contribution is 14.1. The van der Waals surface area contributed by atoms with Gasteiger partial charge in [-0.15, -0.1) is 0 Å². The Bertz CT molecular complexity index is 593. The Morgan fingerprint density at radius 1 is 1.24 bits per heavy atom. The lowest BCUT2D eigenvalue weighted by Crippen LogP contribution is -1.97. The molecule has 2 rings (SSSR count). The van der Waals surface area contributed by atoms with Crippen LogP contribution in [-0.4, -0.2) is 4.98 Å². The van der Waals surface area contributed by atoms with Gasteiger partial charge in [0.2, 0.25) is 5.88 Å². The Balaban J connectivity index is 2.37. The lowest BCUT2D eigenvalue weighted by molar-refractivity contribution is 0.462. The summed E-state index contributed by atoms with van der Waals surface area (Å²) in [5.41, 5.74) is 6.43. The van der Waals surface area contributed by atoms with E-state index < -0.39 is 0 Å². The molecule has 0 amide bonds. The van der Waals surface area contributed by atoms with Gasteiger partial charge in [0.25, 0.3) is 0 Å². The molecule has 84 valence electrons. The predicted octanol–water partition coefficient (Wildman–Crippen LogP) is 2.93. The molecule has 5 heteroatoms. The van der Waals surface area contributed by atoms with Crippen LogP contribution < -0.4 is 10.5 Å². The van der Waals surface area contributed by atoms with Crippen LogP contribution in [0, 0.1) is 14.9 Å². The highest BCUT2D eigenvalue weighted by Gasteiger charge is 2.07. The number of nitrogens with two attached hydrogens (primary N) is 1. The van der Waals surface area contributed by atoms with E-state index in [9.17, 15) is 0 Å². The number of ether oxygens (including phenoxy) is 1. The highest BCUT2D eigenvalue weighted by Crippen LogP contribution is 2.28. The molecule has 0 aliphatic rings. The normalized spacial score (nSPS) is 9.65. The van der Waals surface area contributed by atoms with Crippen molar-refractivity contribution in [3.05, 3.63) is 45.7 Å². The van der Waals surface area contributed by atoms with E-state index in [-0.39, 0.29) is 11.6 Å². The molecular formula is C12H8IN3O. The third-order valence-electron chi connectivity index (χ3n) is 2.05. The molecule has 0 fully saturated rings. The number of nitrogens with zero attached hydrogens (tertiary/aromatic N) is 2. The van der Waals surface area contributed by atoms with Crippen molar-refractivity contribution < 1.29 is 4.74 Å². The van der Waals surface area contributed by atoms with Gasteiger partial charge in [-0.05, 0) is 46.9 Å². The number of hydrogen-bond donors (Lipinski definition) is 1. The largest absolute Gasteiger partial charge is 0.436 e. The molecule has 0 saturated carbocycles. The van der Waals surface area contributed by atoms with Crippen LogP contribution in [-0.2, 0) is 0 Å². The van der Waals surface area contributed by atoms with Crippen LogP contribution >= 0.6 is 22.6 Å². The van der Waals surface area contributed by atoms with Gasteiger partial charge in [-0.25, -0.2) is 4.98 Å². The molecule has 0 aliphatic carbocycles. The van der Waals surface area contributed by atoms with E-state index in [0.717, 1.165) is 3.57 Å². The zero-order chi connectivity index (χ0) is 12.3. The van der Waals surface area contributed by atoms with Crippen LogP contribution in [0.25, 0.3) is 0 Å².